The van der Waals surface area contributed by atoms with Crippen LogP contribution in [0.2, 0.25) is 0 Å². The third-order valence-electron chi connectivity index (χ3n) is 3.19. The van der Waals surface area contributed by atoms with Crippen molar-refractivity contribution < 1.29 is 13.2 Å². The van der Waals surface area contributed by atoms with Crippen molar-refractivity contribution in [2.45, 2.75) is 11.8 Å². The normalized spacial score (nSPS) is 11.6. The molecular formula is C16H18BrNO3S. The van der Waals surface area contributed by atoms with Gasteiger partial charge in [-0.2, -0.15) is 4.31 Å². The first-order chi connectivity index (χ1) is 10.4. The van der Waals surface area contributed by atoms with Gasteiger partial charge in [0.1, 0.15) is 12.4 Å². The summed E-state index contributed by atoms with van der Waals surface area (Å²) in [5.74, 6) is 0.742. The summed E-state index contributed by atoms with van der Waals surface area (Å²) in [6, 6.07) is 14.4. The van der Waals surface area contributed by atoms with Gasteiger partial charge in [-0.05, 0) is 52.7 Å². The predicted octanol–water partition coefficient (Wildman–Crippen LogP) is 3.46. The highest BCUT2D eigenvalue weighted by Crippen LogP contribution is 2.23. The van der Waals surface area contributed by atoms with Crippen molar-refractivity contribution in [2.24, 2.45) is 0 Å². The van der Waals surface area contributed by atoms with Gasteiger partial charge in [-0.1, -0.05) is 24.3 Å². The molecule has 118 valence electrons. The molecule has 2 aromatic rings. The predicted molar refractivity (Wildman–Crippen MR) is 90.6 cm³/mol. The minimum absolute atomic E-state index is 0.257. The van der Waals surface area contributed by atoms with Crippen molar-refractivity contribution in [3.8, 4) is 5.75 Å². The maximum atomic E-state index is 12.5. The van der Waals surface area contributed by atoms with E-state index in [4.69, 9.17) is 4.74 Å². The van der Waals surface area contributed by atoms with Gasteiger partial charge in [0.15, 0.2) is 0 Å². The van der Waals surface area contributed by atoms with Crippen LogP contribution in [-0.2, 0) is 10.0 Å². The molecule has 0 aliphatic rings. The van der Waals surface area contributed by atoms with Crippen molar-refractivity contribution in [1.82, 2.24) is 4.31 Å². The minimum atomic E-state index is -3.53. The number of halogens is 1. The Morgan fingerprint density at radius 3 is 2.55 bits per heavy atom. The van der Waals surface area contributed by atoms with Gasteiger partial charge in [-0.25, -0.2) is 8.42 Å². The summed E-state index contributed by atoms with van der Waals surface area (Å²) in [6.07, 6.45) is 0. The lowest BCUT2D eigenvalue weighted by atomic mass is 10.2. The van der Waals surface area contributed by atoms with Gasteiger partial charge >= 0.3 is 0 Å². The summed E-state index contributed by atoms with van der Waals surface area (Å²) in [5, 5.41) is 0. The molecule has 4 nitrogen and oxygen atoms in total. The van der Waals surface area contributed by atoms with Crippen molar-refractivity contribution in [3.05, 3.63) is 58.6 Å². The molecule has 0 saturated carbocycles. The topological polar surface area (TPSA) is 46.6 Å². The van der Waals surface area contributed by atoms with Crippen LogP contribution in [-0.4, -0.2) is 32.9 Å². The van der Waals surface area contributed by atoms with Crippen LogP contribution in [0.4, 0.5) is 0 Å². The molecule has 0 heterocycles. The van der Waals surface area contributed by atoms with Crippen LogP contribution >= 0.6 is 15.9 Å². The van der Waals surface area contributed by atoms with E-state index in [9.17, 15) is 8.42 Å². The number of hydrogen-bond acceptors (Lipinski definition) is 3. The van der Waals surface area contributed by atoms with Crippen molar-refractivity contribution in [3.63, 3.8) is 0 Å². The van der Waals surface area contributed by atoms with E-state index in [2.05, 4.69) is 15.9 Å². The highest BCUT2D eigenvalue weighted by Gasteiger charge is 2.22. The van der Waals surface area contributed by atoms with Crippen molar-refractivity contribution >= 4 is 26.0 Å². The van der Waals surface area contributed by atoms with Gasteiger partial charge in [0.25, 0.3) is 0 Å². The second kappa shape index (κ2) is 7.26. The van der Waals surface area contributed by atoms with E-state index in [-0.39, 0.29) is 11.4 Å². The molecule has 0 radical (unpaired) electrons. The van der Waals surface area contributed by atoms with E-state index in [0.717, 1.165) is 11.3 Å². The van der Waals surface area contributed by atoms with E-state index in [1.807, 2.05) is 31.2 Å². The Hall–Kier alpha value is -1.37. The number of aryl methyl sites for hydroxylation is 1. The van der Waals surface area contributed by atoms with Crippen LogP contribution < -0.4 is 4.74 Å². The van der Waals surface area contributed by atoms with E-state index >= 15 is 0 Å². The van der Waals surface area contributed by atoms with Crippen LogP contribution in [0.1, 0.15) is 5.56 Å². The minimum Gasteiger partial charge on any atom is -0.492 e. The van der Waals surface area contributed by atoms with Crippen molar-refractivity contribution in [2.75, 3.05) is 20.2 Å². The van der Waals surface area contributed by atoms with Crippen molar-refractivity contribution in [1.29, 1.82) is 0 Å². The Morgan fingerprint density at radius 2 is 1.86 bits per heavy atom. The molecule has 0 bridgehead atoms. The lowest BCUT2D eigenvalue weighted by Crippen LogP contribution is -2.31. The largest absolute Gasteiger partial charge is 0.492 e. The molecule has 0 atom stereocenters. The Balaban J connectivity index is 2.00. The van der Waals surface area contributed by atoms with Gasteiger partial charge in [-0.3, -0.25) is 0 Å². The SMILES string of the molecule is Cc1cccc(OCCN(C)S(=O)(=O)c2ccccc2Br)c1. The van der Waals surface area contributed by atoms with Gasteiger partial charge < -0.3 is 4.74 Å². The molecule has 0 aliphatic heterocycles. The fraction of sp³-hybridized carbons (Fsp3) is 0.250. The Bertz CT molecular complexity index is 747. The Labute approximate surface area is 139 Å². The summed E-state index contributed by atoms with van der Waals surface area (Å²) in [7, 11) is -1.98. The molecule has 0 unspecified atom stereocenters. The number of hydrogen-bond donors (Lipinski definition) is 0. The number of ether oxygens (including phenoxy) is 1. The number of likely N-dealkylation sites (N-methyl/N-ethyl adjacent to an activating group) is 1. The lowest BCUT2D eigenvalue weighted by Gasteiger charge is -2.18. The third kappa shape index (κ3) is 4.09. The van der Waals surface area contributed by atoms with Gasteiger partial charge in [0.05, 0.1) is 4.90 Å². The maximum Gasteiger partial charge on any atom is 0.244 e. The quantitative estimate of drug-likeness (QED) is 0.767. The first-order valence-electron chi connectivity index (χ1n) is 6.81. The van der Waals surface area contributed by atoms with E-state index in [0.29, 0.717) is 11.1 Å². The molecule has 0 spiro atoms. The second-order valence-corrected chi connectivity index (χ2v) is 7.79. The monoisotopic (exact) mass is 383 g/mol. The number of benzene rings is 2. The third-order valence-corrected chi connectivity index (χ3v) is 6.06. The zero-order valence-electron chi connectivity index (χ0n) is 12.5. The first-order valence-corrected chi connectivity index (χ1v) is 9.05. The average Bonchev–Trinajstić information content (AvgIpc) is 2.47. The Kier molecular flexibility index (Phi) is 5.61. The summed E-state index contributed by atoms with van der Waals surface area (Å²) in [6.45, 7) is 2.55. The molecule has 2 rings (SSSR count). The summed E-state index contributed by atoms with van der Waals surface area (Å²) in [5.41, 5.74) is 1.10. The van der Waals surface area contributed by atoms with Crippen LogP contribution in [0.3, 0.4) is 0 Å². The lowest BCUT2D eigenvalue weighted by molar-refractivity contribution is 0.286. The van der Waals surface area contributed by atoms with E-state index < -0.39 is 10.0 Å². The highest BCUT2D eigenvalue weighted by atomic mass is 79.9. The average molecular weight is 384 g/mol. The van der Waals surface area contributed by atoms with Gasteiger partial charge in [-0.15, -0.1) is 0 Å². The molecular weight excluding hydrogens is 366 g/mol. The summed E-state index contributed by atoms with van der Waals surface area (Å²) < 4.78 is 32.4. The number of nitrogens with zero attached hydrogens (tertiary/aromatic N) is 1. The Morgan fingerprint density at radius 1 is 1.14 bits per heavy atom. The smallest absolute Gasteiger partial charge is 0.244 e. The van der Waals surface area contributed by atoms with Crippen LogP contribution in [0.25, 0.3) is 0 Å². The standard InChI is InChI=1S/C16H18BrNO3S/c1-13-6-5-7-14(12-13)21-11-10-18(2)22(19,20)16-9-4-3-8-15(16)17/h3-9,12H,10-11H2,1-2H3. The number of sulfonamides is 1. The fourth-order valence-electron chi connectivity index (χ4n) is 1.94. The van der Waals surface area contributed by atoms with E-state index in [1.165, 1.54) is 4.31 Å². The fourth-order valence-corrected chi connectivity index (χ4v) is 4.05. The second-order valence-electron chi connectivity index (χ2n) is 4.92. The van der Waals surface area contributed by atoms with Crippen LogP contribution in [0, 0.1) is 6.92 Å². The zero-order chi connectivity index (χ0) is 16.2. The molecule has 22 heavy (non-hydrogen) atoms. The first kappa shape index (κ1) is 17.0. The molecule has 6 heteroatoms. The molecule has 0 saturated heterocycles. The van der Waals surface area contributed by atoms with Crippen LogP contribution in [0.15, 0.2) is 57.9 Å². The maximum absolute atomic E-state index is 12.5. The zero-order valence-corrected chi connectivity index (χ0v) is 14.9. The number of rotatable bonds is 6. The molecule has 2 aromatic carbocycles. The summed E-state index contributed by atoms with van der Waals surface area (Å²) in [4.78, 5) is 0.257. The van der Waals surface area contributed by atoms with Gasteiger partial charge in [0.2, 0.25) is 10.0 Å². The molecule has 0 aromatic heterocycles. The van der Waals surface area contributed by atoms with Crippen LogP contribution in [0.5, 0.6) is 5.75 Å². The summed E-state index contributed by atoms with van der Waals surface area (Å²) >= 11 is 3.28. The molecule has 0 aliphatic carbocycles. The van der Waals surface area contributed by atoms with E-state index in [1.54, 1.807) is 31.3 Å². The molecule has 0 fully saturated rings. The van der Waals surface area contributed by atoms with Gasteiger partial charge in [0, 0.05) is 18.1 Å². The highest BCUT2D eigenvalue weighted by molar-refractivity contribution is 9.10. The molecule has 0 N–H and O–H groups in total. The molecule has 0 amide bonds.